The van der Waals surface area contributed by atoms with Gasteiger partial charge in [-0.3, -0.25) is 4.79 Å². The highest BCUT2D eigenvalue weighted by Gasteiger charge is 2.18. The van der Waals surface area contributed by atoms with Crippen LogP contribution in [0.4, 0.5) is 5.69 Å². The molecule has 1 amide bonds. The lowest BCUT2D eigenvalue weighted by Crippen LogP contribution is -2.18. The van der Waals surface area contributed by atoms with Crippen molar-refractivity contribution in [3.63, 3.8) is 0 Å². The molecule has 1 aliphatic heterocycles. The Morgan fingerprint density at radius 1 is 1.39 bits per heavy atom. The summed E-state index contributed by atoms with van der Waals surface area (Å²) in [5.74, 6) is 0.366. The molecule has 1 N–H and O–H groups in total. The van der Waals surface area contributed by atoms with E-state index >= 15 is 0 Å². The number of amides is 1. The number of anilines is 1. The number of benzene rings is 1. The first-order chi connectivity index (χ1) is 11.1. The zero-order valence-electron chi connectivity index (χ0n) is 12.2. The molecule has 1 aliphatic rings. The summed E-state index contributed by atoms with van der Waals surface area (Å²) in [4.78, 5) is 12.2. The predicted octanol–water partition coefficient (Wildman–Crippen LogP) is 4.51. The van der Waals surface area contributed by atoms with Crippen LogP contribution in [0.15, 0.2) is 39.4 Å². The molecule has 3 rings (SSSR count). The molecular formula is C16H15BrClNO4. The maximum absolute atomic E-state index is 12.2. The number of furan rings is 1. The smallest absolute Gasteiger partial charge is 0.291 e. The Kier molecular flexibility index (Phi) is 5.25. The van der Waals surface area contributed by atoms with Gasteiger partial charge in [0.15, 0.2) is 10.4 Å². The number of nitrogens with one attached hydrogen (secondary N) is 1. The van der Waals surface area contributed by atoms with E-state index in [1.165, 1.54) is 0 Å². The molecule has 0 aliphatic carbocycles. The van der Waals surface area contributed by atoms with Gasteiger partial charge in [0.2, 0.25) is 0 Å². The van der Waals surface area contributed by atoms with E-state index < -0.39 is 0 Å². The predicted molar refractivity (Wildman–Crippen MR) is 90.3 cm³/mol. The molecule has 0 bridgehead atoms. The summed E-state index contributed by atoms with van der Waals surface area (Å²) in [6.07, 6.45) is 2.12. The van der Waals surface area contributed by atoms with Gasteiger partial charge in [0, 0.05) is 11.6 Å². The average molecular weight is 401 g/mol. The van der Waals surface area contributed by atoms with Crippen molar-refractivity contribution in [1.82, 2.24) is 0 Å². The van der Waals surface area contributed by atoms with Gasteiger partial charge in [-0.15, -0.1) is 0 Å². The fourth-order valence-electron chi connectivity index (χ4n) is 2.30. The van der Waals surface area contributed by atoms with Crippen LogP contribution in [0, 0.1) is 0 Å². The molecule has 1 atom stereocenters. The second-order valence-electron chi connectivity index (χ2n) is 5.14. The Labute approximate surface area is 147 Å². The third-order valence-corrected chi connectivity index (χ3v) is 4.10. The van der Waals surface area contributed by atoms with Crippen LogP contribution in [0.2, 0.25) is 5.02 Å². The molecule has 0 saturated carbocycles. The normalized spacial score (nSPS) is 17.2. The SMILES string of the molecule is O=C(Nc1cc(Cl)ccc1OCC1CCCO1)c1ccc(Br)o1. The van der Waals surface area contributed by atoms with Crippen LogP contribution in [-0.4, -0.2) is 25.2 Å². The van der Waals surface area contributed by atoms with Gasteiger partial charge >= 0.3 is 0 Å². The van der Waals surface area contributed by atoms with E-state index in [0.717, 1.165) is 19.4 Å². The quantitative estimate of drug-likeness (QED) is 0.802. The van der Waals surface area contributed by atoms with Gasteiger partial charge in [-0.1, -0.05) is 11.6 Å². The Balaban J connectivity index is 1.71. The second kappa shape index (κ2) is 7.38. The van der Waals surface area contributed by atoms with E-state index in [4.69, 9.17) is 25.5 Å². The van der Waals surface area contributed by atoms with Crippen LogP contribution in [0.5, 0.6) is 5.75 Å². The standard InChI is InChI=1S/C16H15BrClNO4/c17-15-6-5-14(23-15)16(20)19-12-8-10(18)3-4-13(12)22-9-11-2-1-7-21-11/h3-6,8,11H,1-2,7,9H2,(H,19,20). The van der Waals surface area contributed by atoms with Crippen LogP contribution in [-0.2, 0) is 4.74 Å². The van der Waals surface area contributed by atoms with Gasteiger partial charge in [-0.05, 0) is 59.1 Å². The monoisotopic (exact) mass is 399 g/mol. The number of hydrogen-bond donors (Lipinski definition) is 1. The summed E-state index contributed by atoms with van der Waals surface area (Å²) in [6, 6.07) is 8.32. The van der Waals surface area contributed by atoms with E-state index in [-0.39, 0.29) is 17.8 Å². The van der Waals surface area contributed by atoms with E-state index in [9.17, 15) is 4.79 Å². The topological polar surface area (TPSA) is 60.7 Å². The van der Waals surface area contributed by atoms with Crippen LogP contribution >= 0.6 is 27.5 Å². The van der Waals surface area contributed by atoms with Gasteiger partial charge in [-0.25, -0.2) is 0 Å². The minimum Gasteiger partial charge on any atom is -0.489 e. The molecule has 5 nitrogen and oxygen atoms in total. The highest BCUT2D eigenvalue weighted by atomic mass is 79.9. The molecule has 1 aromatic heterocycles. The summed E-state index contributed by atoms with van der Waals surface area (Å²) in [7, 11) is 0. The highest BCUT2D eigenvalue weighted by molar-refractivity contribution is 9.10. The van der Waals surface area contributed by atoms with Crippen molar-refractivity contribution in [1.29, 1.82) is 0 Å². The molecule has 1 fully saturated rings. The number of rotatable bonds is 5. The lowest BCUT2D eigenvalue weighted by molar-refractivity contribution is 0.0682. The maximum atomic E-state index is 12.2. The molecular weight excluding hydrogens is 386 g/mol. The van der Waals surface area contributed by atoms with Crippen molar-refractivity contribution in [2.75, 3.05) is 18.5 Å². The van der Waals surface area contributed by atoms with Crippen LogP contribution in [0.25, 0.3) is 0 Å². The summed E-state index contributed by atoms with van der Waals surface area (Å²) < 4.78 is 17.0. The molecule has 122 valence electrons. The van der Waals surface area contributed by atoms with Gasteiger partial charge < -0.3 is 19.2 Å². The van der Waals surface area contributed by atoms with Crippen molar-refractivity contribution in [3.8, 4) is 5.75 Å². The molecule has 1 saturated heterocycles. The Hall–Kier alpha value is -1.50. The minimum absolute atomic E-state index is 0.0928. The largest absolute Gasteiger partial charge is 0.489 e. The summed E-state index contributed by atoms with van der Waals surface area (Å²) in [5, 5.41) is 3.26. The summed E-state index contributed by atoms with van der Waals surface area (Å²) >= 11 is 9.18. The van der Waals surface area contributed by atoms with Gasteiger partial charge in [0.1, 0.15) is 12.4 Å². The highest BCUT2D eigenvalue weighted by Crippen LogP contribution is 2.29. The van der Waals surface area contributed by atoms with E-state index in [1.54, 1.807) is 30.3 Å². The number of carbonyl (C=O) groups excluding carboxylic acids is 1. The van der Waals surface area contributed by atoms with Crippen molar-refractivity contribution < 1.29 is 18.7 Å². The van der Waals surface area contributed by atoms with Crippen molar-refractivity contribution in [3.05, 3.63) is 45.8 Å². The fraction of sp³-hybridized carbons (Fsp3) is 0.312. The minimum atomic E-state index is -0.375. The first-order valence-electron chi connectivity index (χ1n) is 7.22. The van der Waals surface area contributed by atoms with Gasteiger partial charge in [0.05, 0.1) is 11.8 Å². The number of hydrogen-bond acceptors (Lipinski definition) is 4. The molecule has 23 heavy (non-hydrogen) atoms. The number of carbonyl (C=O) groups is 1. The van der Waals surface area contributed by atoms with E-state index in [0.29, 0.717) is 27.7 Å². The van der Waals surface area contributed by atoms with Crippen molar-refractivity contribution >= 4 is 39.1 Å². The maximum Gasteiger partial charge on any atom is 0.291 e. The van der Waals surface area contributed by atoms with Crippen LogP contribution in [0.3, 0.4) is 0 Å². The molecule has 1 unspecified atom stereocenters. The van der Waals surface area contributed by atoms with Crippen molar-refractivity contribution in [2.24, 2.45) is 0 Å². The van der Waals surface area contributed by atoms with Gasteiger partial charge in [0.25, 0.3) is 5.91 Å². The summed E-state index contributed by atoms with van der Waals surface area (Å²) in [5.41, 5.74) is 0.494. The molecule has 2 aromatic rings. The first kappa shape index (κ1) is 16.4. The lowest BCUT2D eigenvalue weighted by Gasteiger charge is -2.15. The number of halogens is 2. The third kappa shape index (κ3) is 4.28. The van der Waals surface area contributed by atoms with Crippen molar-refractivity contribution in [2.45, 2.75) is 18.9 Å². The Morgan fingerprint density at radius 3 is 2.96 bits per heavy atom. The third-order valence-electron chi connectivity index (χ3n) is 3.44. The molecule has 0 spiro atoms. The van der Waals surface area contributed by atoms with E-state index in [2.05, 4.69) is 21.2 Å². The molecule has 2 heterocycles. The summed E-state index contributed by atoms with van der Waals surface area (Å²) in [6.45, 7) is 1.21. The zero-order valence-corrected chi connectivity index (χ0v) is 14.5. The van der Waals surface area contributed by atoms with Gasteiger partial charge in [-0.2, -0.15) is 0 Å². The molecule has 1 aromatic carbocycles. The number of ether oxygens (including phenoxy) is 2. The van der Waals surface area contributed by atoms with Crippen LogP contribution < -0.4 is 10.1 Å². The second-order valence-corrected chi connectivity index (χ2v) is 6.36. The fourth-order valence-corrected chi connectivity index (χ4v) is 2.78. The Morgan fingerprint density at radius 2 is 2.26 bits per heavy atom. The molecule has 7 heteroatoms. The zero-order chi connectivity index (χ0) is 16.2. The lowest BCUT2D eigenvalue weighted by atomic mass is 10.2. The Bertz CT molecular complexity index is 697. The average Bonchev–Trinajstić information content (AvgIpc) is 3.18. The molecule has 0 radical (unpaired) electrons. The van der Waals surface area contributed by atoms with Crippen LogP contribution in [0.1, 0.15) is 23.4 Å². The van der Waals surface area contributed by atoms with E-state index in [1.807, 2.05) is 0 Å². The first-order valence-corrected chi connectivity index (χ1v) is 8.39.